The van der Waals surface area contributed by atoms with E-state index < -0.39 is 0 Å². The van der Waals surface area contributed by atoms with Crippen molar-refractivity contribution in [3.63, 3.8) is 0 Å². The van der Waals surface area contributed by atoms with E-state index in [1.54, 1.807) is 30.2 Å². The molecule has 0 radical (unpaired) electrons. The predicted molar refractivity (Wildman–Crippen MR) is 88.5 cm³/mol. The monoisotopic (exact) mass is 328 g/mol. The van der Waals surface area contributed by atoms with E-state index in [9.17, 15) is 9.59 Å². The second kappa shape index (κ2) is 6.92. The van der Waals surface area contributed by atoms with Crippen LogP contribution in [0, 0.1) is 6.92 Å². The van der Waals surface area contributed by atoms with Crippen molar-refractivity contribution in [3.05, 3.63) is 46.0 Å². The fourth-order valence-electron chi connectivity index (χ4n) is 2.79. The summed E-state index contributed by atoms with van der Waals surface area (Å²) in [6.07, 6.45) is 1.68. The highest BCUT2D eigenvalue weighted by atomic mass is 16.5. The number of nitrogens with one attached hydrogen (secondary N) is 1. The smallest absolute Gasteiger partial charge is 0.255 e. The molecule has 1 saturated heterocycles. The Labute approximate surface area is 139 Å². The van der Waals surface area contributed by atoms with E-state index in [1.165, 1.54) is 0 Å². The number of rotatable bonds is 3. The summed E-state index contributed by atoms with van der Waals surface area (Å²) in [5.41, 5.74) is 1.25. The second-order valence-corrected chi connectivity index (χ2v) is 5.88. The van der Waals surface area contributed by atoms with Crippen LogP contribution < -0.4 is 5.56 Å². The molecule has 24 heavy (non-hydrogen) atoms. The van der Waals surface area contributed by atoms with Crippen LogP contribution >= 0.6 is 0 Å². The minimum Gasteiger partial charge on any atom is -0.377 e. The van der Waals surface area contributed by atoms with Gasteiger partial charge in [-0.1, -0.05) is 6.07 Å². The van der Waals surface area contributed by atoms with Gasteiger partial charge in [-0.15, -0.1) is 0 Å². The summed E-state index contributed by atoms with van der Waals surface area (Å²) >= 11 is 0. The number of aryl methyl sites for hydroxylation is 1. The molecule has 1 aliphatic heterocycles. The van der Waals surface area contributed by atoms with Crippen LogP contribution in [0.25, 0.3) is 11.5 Å². The number of carbonyl (C=O) groups is 1. The molecule has 2 aromatic heterocycles. The molecule has 0 bridgehead atoms. The molecule has 3 rings (SSSR count). The zero-order valence-corrected chi connectivity index (χ0v) is 13.8. The van der Waals surface area contributed by atoms with Crippen molar-refractivity contribution in [1.82, 2.24) is 19.9 Å². The predicted octanol–water partition coefficient (Wildman–Crippen LogP) is 0.930. The van der Waals surface area contributed by atoms with E-state index in [0.29, 0.717) is 42.5 Å². The Morgan fingerprint density at radius 2 is 2.29 bits per heavy atom. The fraction of sp³-hybridized carbons (Fsp3) is 0.412. The van der Waals surface area contributed by atoms with Crippen molar-refractivity contribution < 1.29 is 9.53 Å². The summed E-state index contributed by atoms with van der Waals surface area (Å²) in [6, 6.07) is 5.42. The number of aromatic amines is 1. The van der Waals surface area contributed by atoms with Crippen molar-refractivity contribution in [1.29, 1.82) is 0 Å². The van der Waals surface area contributed by atoms with Crippen LogP contribution in [0.15, 0.2) is 29.2 Å². The Balaban J connectivity index is 1.84. The molecule has 1 aliphatic rings. The van der Waals surface area contributed by atoms with Crippen molar-refractivity contribution in [2.24, 2.45) is 0 Å². The molecule has 1 amide bonds. The third-order valence-corrected chi connectivity index (χ3v) is 4.15. The normalized spacial score (nSPS) is 17.8. The van der Waals surface area contributed by atoms with Gasteiger partial charge >= 0.3 is 0 Å². The molecule has 0 aliphatic carbocycles. The van der Waals surface area contributed by atoms with E-state index in [1.807, 2.05) is 13.0 Å². The van der Waals surface area contributed by atoms with Crippen LogP contribution in [0.4, 0.5) is 0 Å². The zero-order valence-electron chi connectivity index (χ0n) is 13.8. The summed E-state index contributed by atoms with van der Waals surface area (Å²) < 4.78 is 5.34. The highest BCUT2D eigenvalue weighted by Gasteiger charge is 2.25. The SMILES string of the molecule is Cc1nc(-c2ccccn2)[nH]c(=O)c1CC(=O)N1CCOC[C@H]1C. The molecule has 7 nitrogen and oxygen atoms in total. The zero-order chi connectivity index (χ0) is 17.1. The lowest BCUT2D eigenvalue weighted by Gasteiger charge is -2.33. The molecule has 3 heterocycles. The van der Waals surface area contributed by atoms with E-state index in [0.717, 1.165) is 0 Å². The molecule has 0 aromatic carbocycles. The number of ether oxygens (including phenoxy) is 1. The fourth-order valence-corrected chi connectivity index (χ4v) is 2.79. The van der Waals surface area contributed by atoms with Crippen molar-refractivity contribution >= 4 is 5.91 Å². The van der Waals surface area contributed by atoms with Crippen LogP contribution in [-0.4, -0.2) is 51.6 Å². The standard InChI is InChI=1S/C17H20N4O3/c1-11-10-24-8-7-21(11)15(22)9-13-12(2)19-16(20-17(13)23)14-5-3-4-6-18-14/h3-6,11H,7-10H2,1-2H3,(H,19,20,23)/t11-/m1/s1. The van der Waals surface area contributed by atoms with Gasteiger partial charge in [-0.2, -0.15) is 0 Å². The third-order valence-electron chi connectivity index (χ3n) is 4.15. The van der Waals surface area contributed by atoms with E-state index >= 15 is 0 Å². The van der Waals surface area contributed by atoms with Crippen molar-refractivity contribution in [3.8, 4) is 11.5 Å². The largest absolute Gasteiger partial charge is 0.377 e. The van der Waals surface area contributed by atoms with Gasteiger partial charge in [0.15, 0.2) is 5.82 Å². The van der Waals surface area contributed by atoms with Crippen LogP contribution in [0.2, 0.25) is 0 Å². The molecule has 1 atom stereocenters. The summed E-state index contributed by atoms with van der Waals surface area (Å²) in [5.74, 6) is 0.334. The number of pyridine rings is 1. The number of hydrogen-bond acceptors (Lipinski definition) is 5. The number of amides is 1. The van der Waals surface area contributed by atoms with Gasteiger partial charge in [0, 0.05) is 24.0 Å². The van der Waals surface area contributed by atoms with Gasteiger partial charge in [-0.25, -0.2) is 4.98 Å². The van der Waals surface area contributed by atoms with E-state index in [4.69, 9.17) is 4.74 Å². The summed E-state index contributed by atoms with van der Waals surface area (Å²) in [7, 11) is 0. The lowest BCUT2D eigenvalue weighted by molar-refractivity contribution is -0.138. The minimum absolute atomic E-state index is 0.0198. The summed E-state index contributed by atoms with van der Waals surface area (Å²) in [5, 5.41) is 0. The van der Waals surface area contributed by atoms with Crippen LogP contribution in [0.1, 0.15) is 18.2 Å². The Morgan fingerprint density at radius 3 is 2.96 bits per heavy atom. The van der Waals surface area contributed by atoms with Gasteiger partial charge in [0.2, 0.25) is 5.91 Å². The third kappa shape index (κ3) is 3.35. The first-order valence-corrected chi connectivity index (χ1v) is 7.94. The average Bonchev–Trinajstić information content (AvgIpc) is 2.59. The Hall–Kier alpha value is -2.54. The number of hydrogen-bond donors (Lipinski definition) is 1. The molecule has 126 valence electrons. The highest BCUT2D eigenvalue weighted by molar-refractivity contribution is 5.79. The van der Waals surface area contributed by atoms with Crippen LogP contribution in [-0.2, 0) is 16.0 Å². The Morgan fingerprint density at radius 1 is 1.46 bits per heavy atom. The van der Waals surface area contributed by atoms with Gasteiger partial charge in [-0.3, -0.25) is 14.6 Å². The second-order valence-electron chi connectivity index (χ2n) is 5.88. The number of carbonyl (C=O) groups excluding carboxylic acids is 1. The van der Waals surface area contributed by atoms with Crippen LogP contribution in [0.3, 0.4) is 0 Å². The topological polar surface area (TPSA) is 88.2 Å². The molecule has 0 unspecified atom stereocenters. The quantitative estimate of drug-likeness (QED) is 0.905. The first-order valence-electron chi connectivity index (χ1n) is 7.94. The maximum atomic E-state index is 12.5. The first-order chi connectivity index (χ1) is 11.6. The van der Waals surface area contributed by atoms with Gasteiger partial charge in [0.05, 0.1) is 25.7 Å². The van der Waals surface area contributed by atoms with Crippen LogP contribution in [0.5, 0.6) is 0 Å². The maximum absolute atomic E-state index is 12.5. The van der Waals surface area contributed by atoms with Gasteiger partial charge in [0.1, 0.15) is 5.69 Å². The van der Waals surface area contributed by atoms with E-state index in [2.05, 4.69) is 15.0 Å². The number of morpholine rings is 1. The molecule has 7 heteroatoms. The Bertz CT molecular complexity index is 788. The molecule has 0 saturated carbocycles. The Kier molecular flexibility index (Phi) is 4.71. The average molecular weight is 328 g/mol. The number of H-pyrrole nitrogens is 1. The molecule has 1 fully saturated rings. The molecule has 2 aromatic rings. The summed E-state index contributed by atoms with van der Waals surface area (Å²) in [4.78, 5) is 38.0. The minimum atomic E-state index is -0.294. The van der Waals surface area contributed by atoms with Crippen molar-refractivity contribution in [2.45, 2.75) is 26.3 Å². The van der Waals surface area contributed by atoms with Gasteiger partial charge in [-0.05, 0) is 26.0 Å². The van der Waals surface area contributed by atoms with Gasteiger partial charge in [0.25, 0.3) is 5.56 Å². The molecular formula is C17H20N4O3. The molecular weight excluding hydrogens is 308 g/mol. The lowest BCUT2D eigenvalue weighted by atomic mass is 10.1. The number of nitrogens with zero attached hydrogens (tertiary/aromatic N) is 3. The first kappa shape index (κ1) is 16.3. The maximum Gasteiger partial charge on any atom is 0.255 e. The number of aromatic nitrogens is 3. The van der Waals surface area contributed by atoms with Gasteiger partial charge < -0.3 is 14.6 Å². The highest BCUT2D eigenvalue weighted by Crippen LogP contribution is 2.13. The van der Waals surface area contributed by atoms with Crippen molar-refractivity contribution in [2.75, 3.05) is 19.8 Å². The molecule has 0 spiro atoms. The summed E-state index contributed by atoms with van der Waals surface area (Å²) in [6.45, 7) is 5.29. The lowest BCUT2D eigenvalue weighted by Crippen LogP contribution is -2.48. The molecule has 1 N–H and O–H groups in total. The van der Waals surface area contributed by atoms with E-state index in [-0.39, 0.29) is 23.9 Å².